The van der Waals surface area contributed by atoms with E-state index in [1.54, 1.807) is 0 Å². The number of nitrogens with zero attached hydrogens (tertiary/aromatic N) is 1. The van der Waals surface area contributed by atoms with E-state index in [0.29, 0.717) is 11.3 Å². The first-order valence-electron chi connectivity index (χ1n) is 7.82. The second kappa shape index (κ2) is 5.21. The summed E-state index contributed by atoms with van der Waals surface area (Å²) in [5, 5.41) is 1.03. The number of likely N-dealkylation sites (tertiary alicyclic amines) is 1. The molecule has 3 nitrogen and oxygen atoms in total. The minimum absolute atomic E-state index is 0.174. The zero-order valence-corrected chi connectivity index (χ0v) is 13.1. The van der Waals surface area contributed by atoms with Gasteiger partial charge >= 0.3 is 0 Å². The summed E-state index contributed by atoms with van der Waals surface area (Å²) in [6.07, 6.45) is 4.12. The molecule has 0 unspecified atom stereocenters. The Morgan fingerprint density at radius 3 is 2.57 bits per heavy atom. The van der Waals surface area contributed by atoms with E-state index in [0.717, 1.165) is 42.4 Å². The van der Waals surface area contributed by atoms with E-state index in [9.17, 15) is 4.79 Å². The van der Waals surface area contributed by atoms with Crippen LogP contribution in [0.1, 0.15) is 44.0 Å². The number of carbonyl (C=O) groups excluding carboxylic acids is 1. The number of H-pyrrole nitrogens is 1. The first kappa shape index (κ1) is 14.2. The van der Waals surface area contributed by atoms with Gasteiger partial charge in [-0.2, -0.15) is 0 Å². The molecule has 2 heterocycles. The number of rotatable bonds is 1. The fourth-order valence-electron chi connectivity index (χ4n) is 3.39. The molecule has 0 saturated carbocycles. The van der Waals surface area contributed by atoms with E-state index in [1.807, 2.05) is 35.4 Å². The third-order valence-corrected chi connectivity index (χ3v) is 4.83. The number of carbonyl (C=O) groups is 1. The van der Waals surface area contributed by atoms with Crippen LogP contribution < -0.4 is 0 Å². The second-order valence-corrected chi connectivity index (χ2v) is 7.18. The largest absolute Gasteiger partial charge is 0.361 e. The van der Waals surface area contributed by atoms with Crippen molar-refractivity contribution in [2.24, 2.45) is 11.3 Å². The molecule has 1 aromatic carbocycles. The lowest BCUT2D eigenvalue weighted by atomic mass is 9.75. The highest BCUT2D eigenvalue weighted by molar-refractivity contribution is 6.06. The summed E-state index contributed by atoms with van der Waals surface area (Å²) < 4.78 is 0. The highest BCUT2D eigenvalue weighted by Crippen LogP contribution is 2.34. The van der Waals surface area contributed by atoms with Crippen LogP contribution in [0.5, 0.6) is 0 Å². The molecule has 0 spiro atoms. The molecular weight excluding hydrogens is 260 g/mol. The summed E-state index contributed by atoms with van der Waals surface area (Å²) in [4.78, 5) is 18.0. The number of benzene rings is 1. The van der Waals surface area contributed by atoms with Crippen LogP contribution in [0.25, 0.3) is 10.9 Å². The van der Waals surface area contributed by atoms with Crippen molar-refractivity contribution in [3.63, 3.8) is 0 Å². The lowest BCUT2D eigenvalue weighted by Gasteiger charge is -2.38. The Morgan fingerprint density at radius 1 is 1.19 bits per heavy atom. The number of piperidine rings is 1. The van der Waals surface area contributed by atoms with Crippen LogP contribution in [0, 0.1) is 11.3 Å². The van der Waals surface area contributed by atoms with Gasteiger partial charge in [-0.1, -0.05) is 26.8 Å². The predicted molar refractivity (Wildman–Crippen MR) is 86.4 cm³/mol. The Morgan fingerprint density at radius 2 is 1.90 bits per heavy atom. The van der Waals surface area contributed by atoms with Gasteiger partial charge in [-0.3, -0.25) is 4.79 Å². The average Bonchev–Trinajstić information content (AvgIpc) is 2.94. The highest BCUT2D eigenvalue weighted by atomic mass is 16.2. The van der Waals surface area contributed by atoms with Crippen LogP contribution in [0.2, 0.25) is 0 Å². The van der Waals surface area contributed by atoms with Crippen LogP contribution in [0.3, 0.4) is 0 Å². The van der Waals surface area contributed by atoms with E-state index in [4.69, 9.17) is 0 Å². The molecule has 1 aliphatic rings. The SMILES string of the molecule is CC(C)(C)C1CCN(C(=O)c2cccc3[nH]ccc23)CC1. The van der Waals surface area contributed by atoms with E-state index in [-0.39, 0.29) is 5.91 Å². The number of fused-ring (bicyclic) bond motifs is 1. The van der Waals surface area contributed by atoms with E-state index in [1.165, 1.54) is 0 Å². The van der Waals surface area contributed by atoms with Gasteiger partial charge in [0.25, 0.3) is 5.91 Å². The number of hydrogen-bond acceptors (Lipinski definition) is 1. The molecule has 0 aliphatic carbocycles. The predicted octanol–water partition coefficient (Wildman–Crippen LogP) is 4.07. The molecule has 112 valence electrons. The molecule has 0 radical (unpaired) electrons. The van der Waals surface area contributed by atoms with Crippen molar-refractivity contribution < 1.29 is 4.79 Å². The Labute approximate surface area is 126 Å². The monoisotopic (exact) mass is 284 g/mol. The lowest BCUT2D eigenvalue weighted by molar-refractivity contribution is 0.0610. The van der Waals surface area contributed by atoms with E-state index < -0.39 is 0 Å². The molecule has 1 N–H and O–H groups in total. The average molecular weight is 284 g/mol. The van der Waals surface area contributed by atoms with Gasteiger partial charge in [-0.15, -0.1) is 0 Å². The van der Waals surface area contributed by atoms with Gasteiger partial charge in [-0.05, 0) is 42.4 Å². The first-order chi connectivity index (χ1) is 9.97. The molecular formula is C18H24N2O. The van der Waals surface area contributed by atoms with Crippen LogP contribution in [0.15, 0.2) is 30.5 Å². The maximum atomic E-state index is 12.8. The van der Waals surface area contributed by atoms with Crippen LogP contribution >= 0.6 is 0 Å². The Kier molecular flexibility index (Phi) is 3.52. The molecule has 0 bridgehead atoms. The highest BCUT2D eigenvalue weighted by Gasteiger charge is 2.31. The fraction of sp³-hybridized carbons (Fsp3) is 0.500. The Hall–Kier alpha value is -1.77. The van der Waals surface area contributed by atoms with Gasteiger partial charge in [0.1, 0.15) is 0 Å². The number of aromatic amines is 1. The van der Waals surface area contributed by atoms with Crippen LogP contribution in [-0.4, -0.2) is 28.9 Å². The standard InChI is InChI=1S/C18H24N2O/c1-18(2,3)13-8-11-20(12-9-13)17(21)15-5-4-6-16-14(15)7-10-19-16/h4-7,10,13,19H,8-9,11-12H2,1-3H3. The zero-order chi connectivity index (χ0) is 15.0. The van der Waals surface area contributed by atoms with Gasteiger partial charge in [0.05, 0.1) is 0 Å². The molecule has 1 aromatic heterocycles. The van der Waals surface area contributed by atoms with Crippen LogP contribution in [-0.2, 0) is 0 Å². The fourth-order valence-corrected chi connectivity index (χ4v) is 3.39. The maximum Gasteiger partial charge on any atom is 0.254 e. The van der Waals surface area contributed by atoms with Crippen molar-refractivity contribution in [2.45, 2.75) is 33.6 Å². The van der Waals surface area contributed by atoms with E-state index in [2.05, 4.69) is 25.8 Å². The molecule has 3 heteroatoms. The van der Waals surface area contributed by atoms with Crippen molar-refractivity contribution >= 4 is 16.8 Å². The summed E-state index contributed by atoms with van der Waals surface area (Å²) in [6.45, 7) is 8.66. The second-order valence-electron chi connectivity index (χ2n) is 7.18. The smallest absolute Gasteiger partial charge is 0.254 e. The number of amides is 1. The van der Waals surface area contributed by atoms with Crippen molar-refractivity contribution in [2.75, 3.05) is 13.1 Å². The summed E-state index contributed by atoms with van der Waals surface area (Å²) in [5.41, 5.74) is 2.20. The van der Waals surface area contributed by atoms with Crippen molar-refractivity contribution in [1.29, 1.82) is 0 Å². The third-order valence-electron chi connectivity index (χ3n) is 4.83. The molecule has 1 amide bonds. The lowest BCUT2D eigenvalue weighted by Crippen LogP contribution is -2.41. The third kappa shape index (κ3) is 2.69. The maximum absolute atomic E-state index is 12.8. The minimum atomic E-state index is 0.174. The normalized spacial score (nSPS) is 17.4. The number of hydrogen-bond donors (Lipinski definition) is 1. The van der Waals surface area contributed by atoms with Crippen LogP contribution in [0.4, 0.5) is 0 Å². The Bertz CT molecular complexity index is 643. The van der Waals surface area contributed by atoms with Gasteiger partial charge in [-0.25, -0.2) is 0 Å². The van der Waals surface area contributed by atoms with Crippen molar-refractivity contribution in [3.05, 3.63) is 36.0 Å². The minimum Gasteiger partial charge on any atom is -0.361 e. The van der Waals surface area contributed by atoms with Gasteiger partial charge in [0.15, 0.2) is 0 Å². The Balaban J connectivity index is 1.77. The quantitative estimate of drug-likeness (QED) is 0.842. The number of nitrogens with one attached hydrogen (secondary N) is 1. The molecule has 2 aromatic rings. The zero-order valence-electron chi connectivity index (χ0n) is 13.1. The molecule has 21 heavy (non-hydrogen) atoms. The molecule has 1 fully saturated rings. The topological polar surface area (TPSA) is 36.1 Å². The molecule has 1 saturated heterocycles. The first-order valence-corrected chi connectivity index (χ1v) is 7.82. The van der Waals surface area contributed by atoms with Gasteiger partial charge in [0, 0.05) is 35.8 Å². The number of aromatic nitrogens is 1. The molecule has 3 rings (SSSR count). The summed E-state index contributed by atoms with van der Waals surface area (Å²) >= 11 is 0. The van der Waals surface area contributed by atoms with Gasteiger partial charge in [0.2, 0.25) is 0 Å². The van der Waals surface area contributed by atoms with Crippen molar-refractivity contribution in [3.8, 4) is 0 Å². The molecule has 0 atom stereocenters. The molecule has 1 aliphatic heterocycles. The van der Waals surface area contributed by atoms with Crippen molar-refractivity contribution in [1.82, 2.24) is 9.88 Å². The summed E-state index contributed by atoms with van der Waals surface area (Å²) in [6, 6.07) is 7.89. The van der Waals surface area contributed by atoms with Gasteiger partial charge < -0.3 is 9.88 Å². The summed E-state index contributed by atoms with van der Waals surface area (Å²) in [5.74, 6) is 0.886. The summed E-state index contributed by atoms with van der Waals surface area (Å²) in [7, 11) is 0. The van der Waals surface area contributed by atoms with E-state index >= 15 is 0 Å².